The second kappa shape index (κ2) is 5.09. The third kappa shape index (κ3) is 2.09. The van der Waals surface area contributed by atoms with Gasteiger partial charge >= 0.3 is 5.69 Å². The monoisotopic (exact) mass is 434 g/mol. The predicted molar refractivity (Wildman–Crippen MR) is 74.6 cm³/mol. The molecule has 0 aliphatic heterocycles. The first kappa shape index (κ1) is 12.7. The summed E-state index contributed by atoms with van der Waals surface area (Å²) in [5.74, 6) is 0. The molecule has 2 aromatic rings. The molecular weight excluding hydrogens is 426 g/mol. The summed E-state index contributed by atoms with van der Waals surface area (Å²) < 4.78 is 2.37. The molecule has 0 aliphatic carbocycles. The van der Waals surface area contributed by atoms with Crippen LogP contribution in [0, 0.1) is 0 Å². The summed E-state index contributed by atoms with van der Waals surface area (Å²) >= 11 is 4.24. The van der Waals surface area contributed by atoms with E-state index in [9.17, 15) is 9.59 Å². The molecule has 15 heavy (non-hydrogen) atoms. The molecule has 0 aliphatic rings. The number of hydrogen-bond donors (Lipinski definition) is 1. The molecule has 82 valence electrons. The van der Waals surface area contributed by atoms with Crippen molar-refractivity contribution < 1.29 is 0 Å². The van der Waals surface area contributed by atoms with E-state index in [-0.39, 0.29) is 11.2 Å². The Kier molecular flexibility index (Phi) is 4.31. The molecule has 2 rings (SSSR count). The van der Waals surface area contributed by atoms with E-state index in [0.29, 0.717) is 11.2 Å². The molecule has 0 saturated carbocycles. The fourth-order valence-electron chi connectivity index (χ4n) is 1.27. The van der Waals surface area contributed by atoms with Crippen LogP contribution in [0.4, 0.5) is 0 Å². The average Bonchev–Trinajstić information content (AvgIpc) is 2.75. The Hall–Kier alpha value is -0.390. The predicted octanol–water partition coefficient (Wildman–Crippen LogP) is 0.732. The highest BCUT2D eigenvalue weighted by Crippen LogP contribution is 1.97. The maximum Gasteiger partial charge on any atom is 0.332 e. The first-order valence-electron chi connectivity index (χ1n) is 3.86. The van der Waals surface area contributed by atoms with Crippen LogP contribution in [0.25, 0.3) is 11.2 Å². The molecular formula is C7H8I2N4O2. The summed E-state index contributed by atoms with van der Waals surface area (Å²) in [4.78, 5) is 29.4. The Morgan fingerprint density at radius 2 is 1.87 bits per heavy atom. The van der Waals surface area contributed by atoms with E-state index in [1.807, 2.05) is 0 Å². The zero-order chi connectivity index (χ0) is 11.6. The topological polar surface area (TPSA) is 72.7 Å². The van der Waals surface area contributed by atoms with Gasteiger partial charge in [-0.1, -0.05) is 0 Å². The summed E-state index contributed by atoms with van der Waals surface area (Å²) in [5, 5.41) is 0. The van der Waals surface area contributed by atoms with Crippen molar-refractivity contribution in [3.05, 3.63) is 27.2 Å². The van der Waals surface area contributed by atoms with Crippen molar-refractivity contribution in [2.75, 3.05) is 0 Å². The number of halogens is 2. The summed E-state index contributed by atoms with van der Waals surface area (Å²) in [7, 11) is 3.01. The van der Waals surface area contributed by atoms with E-state index in [0.717, 1.165) is 4.57 Å². The minimum absolute atomic E-state index is 0.351. The van der Waals surface area contributed by atoms with Gasteiger partial charge in [-0.25, -0.2) is 9.78 Å². The summed E-state index contributed by atoms with van der Waals surface area (Å²) in [6.45, 7) is 0. The quantitative estimate of drug-likeness (QED) is 0.622. The lowest BCUT2D eigenvalue weighted by Crippen LogP contribution is -2.36. The molecule has 1 N–H and O–H groups in total. The molecule has 8 heteroatoms. The Labute approximate surface area is 108 Å². The summed E-state index contributed by atoms with van der Waals surface area (Å²) in [6.07, 6.45) is 1.39. The number of aromatic nitrogens is 4. The van der Waals surface area contributed by atoms with Crippen LogP contribution >= 0.6 is 37.2 Å². The van der Waals surface area contributed by atoms with Gasteiger partial charge in [-0.05, 0) is 0 Å². The minimum Gasteiger partial charge on any atom is -0.339 e. The lowest BCUT2D eigenvalue weighted by molar-refractivity contribution is 0.709. The lowest BCUT2D eigenvalue weighted by atomic mass is 10.5. The number of nitrogens with zero attached hydrogens (tertiary/aromatic N) is 3. The van der Waals surface area contributed by atoms with Crippen LogP contribution in [0.3, 0.4) is 0 Å². The van der Waals surface area contributed by atoms with Crippen LogP contribution in [-0.2, 0) is 14.1 Å². The first-order chi connectivity index (χ1) is 7.13. The number of aromatic amines is 1. The summed E-state index contributed by atoms with van der Waals surface area (Å²) in [6, 6.07) is 0. The van der Waals surface area contributed by atoms with Gasteiger partial charge < -0.3 is 4.98 Å². The zero-order valence-electron chi connectivity index (χ0n) is 7.99. The lowest BCUT2D eigenvalue weighted by Gasteiger charge is -2.00. The van der Waals surface area contributed by atoms with Crippen molar-refractivity contribution in [3.63, 3.8) is 0 Å². The number of fused-ring (bicyclic) bond motifs is 1. The first-order valence-corrected chi connectivity index (χ1v) is 10.1. The summed E-state index contributed by atoms with van der Waals surface area (Å²) in [5.41, 5.74) is 0.0119. The maximum absolute atomic E-state index is 11.4. The molecule has 0 saturated heterocycles. The Morgan fingerprint density at radius 1 is 1.27 bits per heavy atom. The van der Waals surface area contributed by atoms with Crippen molar-refractivity contribution in [1.82, 2.24) is 19.1 Å². The Morgan fingerprint density at radius 3 is 2.47 bits per heavy atom. The standard InChI is InChI=1S/C7H8N4O2.I2/c1-10-5-4(8-3-9-5)6(12)11(2)7(10)13;1-2/h3H,1-2H3,(H,8,9);. The smallest absolute Gasteiger partial charge is 0.332 e. The normalized spacial score (nSPS) is 9.87. The van der Waals surface area contributed by atoms with E-state index in [4.69, 9.17) is 0 Å². The number of hydrogen-bond acceptors (Lipinski definition) is 3. The molecule has 2 aromatic heterocycles. The second-order valence-electron chi connectivity index (χ2n) is 2.81. The van der Waals surface area contributed by atoms with Gasteiger partial charge in [-0.2, -0.15) is 0 Å². The van der Waals surface area contributed by atoms with Gasteiger partial charge in [0.25, 0.3) is 5.56 Å². The van der Waals surface area contributed by atoms with Crippen LogP contribution in [-0.4, -0.2) is 19.1 Å². The van der Waals surface area contributed by atoms with Crippen molar-refractivity contribution in [2.45, 2.75) is 0 Å². The number of nitrogens with one attached hydrogen (secondary N) is 1. The van der Waals surface area contributed by atoms with Gasteiger partial charge in [0.2, 0.25) is 0 Å². The highest BCUT2D eigenvalue weighted by atomic mass is 128. The molecule has 0 fully saturated rings. The van der Waals surface area contributed by atoms with E-state index >= 15 is 0 Å². The fraction of sp³-hybridized carbons (Fsp3) is 0.286. The molecule has 0 atom stereocenters. The van der Waals surface area contributed by atoms with Gasteiger partial charge in [-0.3, -0.25) is 13.9 Å². The number of imidazole rings is 1. The SMILES string of the molecule is Cn1c(=O)c2[nH]cnc2n(C)c1=O.II. The minimum atomic E-state index is -0.371. The molecule has 0 radical (unpaired) electrons. The Bertz CT molecular complexity index is 583. The third-order valence-electron chi connectivity index (χ3n) is 2.03. The number of H-pyrrole nitrogens is 1. The van der Waals surface area contributed by atoms with Crippen molar-refractivity contribution in [1.29, 1.82) is 0 Å². The van der Waals surface area contributed by atoms with E-state index in [1.165, 1.54) is 17.9 Å². The molecule has 2 heterocycles. The highest BCUT2D eigenvalue weighted by molar-refractivity contribution is 15.0. The molecule has 0 unspecified atom stereocenters. The van der Waals surface area contributed by atoms with Crippen molar-refractivity contribution in [3.8, 4) is 0 Å². The van der Waals surface area contributed by atoms with E-state index < -0.39 is 0 Å². The van der Waals surface area contributed by atoms with E-state index in [2.05, 4.69) is 47.2 Å². The van der Waals surface area contributed by atoms with Gasteiger partial charge in [-0.15, -0.1) is 0 Å². The molecule has 0 bridgehead atoms. The van der Waals surface area contributed by atoms with Crippen LogP contribution in [0.5, 0.6) is 0 Å². The molecule has 0 aromatic carbocycles. The fourth-order valence-corrected chi connectivity index (χ4v) is 1.27. The van der Waals surface area contributed by atoms with Crippen molar-refractivity contribution >= 4 is 48.4 Å². The zero-order valence-corrected chi connectivity index (χ0v) is 12.3. The van der Waals surface area contributed by atoms with Crippen LogP contribution in [0.1, 0.15) is 0 Å². The second-order valence-corrected chi connectivity index (χ2v) is 2.81. The van der Waals surface area contributed by atoms with Gasteiger partial charge in [0.1, 0.15) is 5.52 Å². The van der Waals surface area contributed by atoms with Gasteiger partial charge in [0.15, 0.2) is 5.65 Å². The Balaban J connectivity index is 0.000000531. The highest BCUT2D eigenvalue weighted by Gasteiger charge is 2.08. The molecule has 0 amide bonds. The largest absolute Gasteiger partial charge is 0.339 e. The number of aryl methyl sites for hydroxylation is 1. The number of rotatable bonds is 0. The van der Waals surface area contributed by atoms with E-state index in [1.54, 1.807) is 7.05 Å². The van der Waals surface area contributed by atoms with Gasteiger partial charge in [0, 0.05) is 51.3 Å². The van der Waals surface area contributed by atoms with Crippen molar-refractivity contribution in [2.24, 2.45) is 14.1 Å². The third-order valence-corrected chi connectivity index (χ3v) is 2.03. The van der Waals surface area contributed by atoms with Crippen LogP contribution in [0.15, 0.2) is 15.9 Å². The molecule has 0 spiro atoms. The molecule has 6 nitrogen and oxygen atoms in total. The van der Waals surface area contributed by atoms with Gasteiger partial charge in [0.05, 0.1) is 6.33 Å². The maximum atomic E-state index is 11.4. The van der Waals surface area contributed by atoms with Crippen LogP contribution < -0.4 is 11.2 Å². The van der Waals surface area contributed by atoms with Crippen LogP contribution in [0.2, 0.25) is 0 Å². The average molecular weight is 434 g/mol.